The summed E-state index contributed by atoms with van der Waals surface area (Å²) in [5.74, 6) is -0.152. The molecule has 8 nitrogen and oxygen atoms in total. The molecule has 2 aromatic heterocycles. The van der Waals surface area contributed by atoms with Gasteiger partial charge in [0.15, 0.2) is 5.65 Å². The van der Waals surface area contributed by atoms with Crippen molar-refractivity contribution in [3.63, 3.8) is 0 Å². The lowest BCUT2D eigenvalue weighted by atomic mass is 9.98. The van der Waals surface area contributed by atoms with Crippen molar-refractivity contribution in [2.75, 3.05) is 18.9 Å². The fourth-order valence-corrected chi connectivity index (χ4v) is 4.65. The van der Waals surface area contributed by atoms with E-state index >= 15 is 0 Å². The zero-order valence-corrected chi connectivity index (χ0v) is 22.6. The van der Waals surface area contributed by atoms with Crippen molar-refractivity contribution >= 4 is 42.4 Å². The van der Waals surface area contributed by atoms with Gasteiger partial charge in [-0.3, -0.25) is 4.79 Å². The third kappa shape index (κ3) is 6.52. The van der Waals surface area contributed by atoms with Gasteiger partial charge in [-0.25, -0.2) is 13.9 Å². The topological polar surface area (TPSA) is 96.7 Å². The van der Waals surface area contributed by atoms with Crippen molar-refractivity contribution in [3.05, 3.63) is 57.8 Å². The van der Waals surface area contributed by atoms with Crippen LogP contribution in [0.3, 0.4) is 0 Å². The van der Waals surface area contributed by atoms with Crippen LogP contribution in [0.5, 0.6) is 0 Å². The Bertz CT molecular complexity index is 1210. The molecule has 1 unspecified atom stereocenters. The molecule has 2 aliphatic rings. The molecule has 10 heteroatoms. The van der Waals surface area contributed by atoms with Crippen LogP contribution in [-0.2, 0) is 9.59 Å². The van der Waals surface area contributed by atoms with Gasteiger partial charge in [0.05, 0.1) is 22.3 Å². The van der Waals surface area contributed by atoms with Crippen LogP contribution in [0.4, 0.5) is 10.1 Å². The van der Waals surface area contributed by atoms with Crippen LogP contribution in [0.1, 0.15) is 85.4 Å². The summed E-state index contributed by atoms with van der Waals surface area (Å²) in [5.41, 5.74) is 4.65. The van der Waals surface area contributed by atoms with Gasteiger partial charge in [-0.2, -0.15) is 5.10 Å². The molecule has 1 aromatic carbocycles. The number of likely N-dealkylation sites (tertiary alicyclic amines) is 1. The largest absolute Gasteiger partial charge is 0.387 e. The first kappa shape index (κ1) is 29.9. The molecule has 200 valence electrons. The maximum absolute atomic E-state index is 13.9. The number of carbonyl (C=O) groups excluding carboxylic acids is 3. The molecule has 1 aliphatic heterocycles. The number of hydrogen-bond donors (Lipinski definition) is 1. The van der Waals surface area contributed by atoms with E-state index in [1.54, 1.807) is 7.05 Å². The van der Waals surface area contributed by atoms with Crippen molar-refractivity contribution in [2.45, 2.75) is 64.8 Å². The summed E-state index contributed by atoms with van der Waals surface area (Å²) in [6.45, 7) is 10.7. The number of halogens is 2. The third-order valence-corrected chi connectivity index (χ3v) is 6.59. The SMILES string of the molecule is C=O.C=O.CC.CNc1cc(F)c(Cl)cc1C(=O)N1CCCCC1c1cc2nc(C3CC3)cc(C)n2n1. The highest BCUT2D eigenvalue weighted by Gasteiger charge is 2.33. The number of fused-ring (bicyclic) bond motifs is 1. The number of nitrogens with one attached hydrogen (secondary N) is 1. The van der Waals surface area contributed by atoms with Crippen LogP contribution in [0.2, 0.25) is 5.02 Å². The Balaban J connectivity index is 0.000000750. The number of benzene rings is 1. The first-order valence-electron chi connectivity index (χ1n) is 12.4. The highest BCUT2D eigenvalue weighted by molar-refractivity contribution is 6.31. The third-order valence-electron chi connectivity index (χ3n) is 6.30. The lowest BCUT2D eigenvalue weighted by molar-refractivity contribution is -0.0987. The van der Waals surface area contributed by atoms with Crippen molar-refractivity contribution in [3.8, 4) is 0 Å². The second kappa shape index (κ2) is 13.8. The van der Waals surface area contributed by atoms with E-state index in [1.165, 1.54) is 25.0 Å². The zero-order chi connectivity index (χ0) is 27.7. The molecule has 37 heavy (non-hydrogen) atoms. The van der Waals surface area contributed by atoms with Crippen LogP contribution < -0.4 is 5.32 Å². The Hall–Kier alpha value is -3.33. The summed E-state index contributed by atoms with van der Waals surface area (Å²) in [6.07, 6.45) is 5.16. The number of carbonyl (C=O) groups is 3. The van der Waals surface area contributed by atoms with E-state index in [1.807, 2.05) is 49.8 Å². The number of aromatic nitrogens is 3. The molecule has 1 saturated carbocycles. The molecule has 1 aliphatic carbocycles. The molecule has 0 radical (unpaired) electrons. The Morgan fingerprint density at radius 3 is 2.35 bits per heavy atom. The number of amides is 1. The van der Waals surface area contributed by atoms with Gasteiger partial charge < -0.3 is 19.8 Å². The minimum atomic E-state index is -0.550. The van der Waals surface area contributed by atoms with Gasteiger partial charge in [0.1, 0.15) is 19.4 Å². The maximum Gasteiger partial charge on any atom is 0.256 e. The lowest BCUT2D eigenvalue weighted by Gasteiger charge is -2.35. The quantitative estimate of drug-likeness (QED) is 0.459. The van der Waals surface area contributed by atoms with E-state index in [0.29, 0.717) is 23.7 Å². The van der Waals surface area contributed by atoms with Crippen LogP contribution in [0, 0.1) is 12.7 Å². The predicted molar refractivity (Wildman–Crippen MR) is 144 cm³/mol. The summed E-state index contributed by atoms with van der Waals surface area (Å²) in [4.78, 5) is 36.2. The molecule has 3 heterocycles. The van der Waals surface area contributed by atoms with Gasteiger partial charge in [0.25, 0.3) is 5.91 Å². The highest BCUT2D eigenvalue weighted by Crippen LogP contribution is 2.40. The fraction of sp³-hybridized carbons (Fsp3) is 0.444. The minimum absolute atomic E-state index is 0.0592. The number of nitrogens with zero attached hydrogens (tertiary/aromatic N) is 4. The van der Waals surface area contributed by atoms with E-state index in [-0.39, 0.29) is 17.0 Å². The summed E-state index contributed by atoms with van der Waals surface area (Å²) < 4.78 is 15.8. The summed E-state index contributed by atoms with van der Waals surface area (Å²) in [5, 5.41) is 7.67. The van der Waals surface area contributed by atoms with Gasteiger partial charge in [-0.05, 0) is 57.2 Å². The summed E-state index contributed by atoms with van der Waals surface area (Å²) in [6, 6.07) is 6.65. The number of piperidine rings is 1. The highest BCUT2D eigenvalue weighted by atomic mass is 35.5. The number of anilines is 1. The van der Waals surface area contributed by atoms with E-state index in [9.17, 15) is 9.18 Å². The first-order valence-corrected chi connectivity index (χ1v) is 12.8. The standard InChI is InChI=1S/C23H25ClFN5O.C2H6.2CH2O/c1-13-9-18(14-6-7-14)27-22-12-20(28-30(13)22)21-5-3-4-8-29(21)23(31)15-10-16(24)17(25)11-19(15)26-2;3*1-2/h9-12,14,21,26H,3-8H2,1-2H3;1-2H3;2*1H2. The van der Waals surface area contributed by atoms with Crippen molar-refractivity contribution in [2.24, 2.45) is 0 Å². The molecule has 0 spiro atoms. The van der Waals surface area contributed by atoms with Gasteiger partial charge in [-0.1, -0.05) is 25.4 Å². The normalized spacial score (nSPS) is 16.4. The predicted octanol–water partition coefficient (Wildman–Crippen LogP) is 5.77. The van der Waals surface area contributed by atoms with Crippen LogP contribution >= 0.6 is 11.6 Å². The number of rotatable bonds is 4. The van der Waals surface area contributed by atoms with Gasteiger partial charge >= 0.3 is 0 Å². The molecule has 2 fully saturated rings. The van der Waals surface area contributed by atoms with Crippen LogP contribution in [0.15, 0.2) is 24.3 Å². The van der Waals surface area contributed by atoms with Crippen molar-refractivity contribution in [1.29, 1.82) is 0 Å². The number of aryl methyl sites for hydroxylation is 1. The zero-order valence-electron chi connectivity index (χ0n) is 21.9. The monoisotopic (exact) mass is 531 g/mol. The maximum atomic E-state index is 13.9. The van der Waals surface area contributed by atoms with E-state index < -0.39 is 5.82 Å². The molecule has 5 rings (SSSR count). The molecule has 0 bridgehead atoms. The van der Waals surface area contributed by atoms with E-state index in [4.69, 9.17) is 31.3 Å². The lowest BCUT2D eigenvalue weighted by Crippen LogP contribution is -2.39. The average Bonchev–Trinajstić information content (AvgIpc) is 3.71. The molecule has 1 N–H and O–H groups in total. The van der Waals surface area contributed by atoms with Crippen LogP contribution in [0.25, 0.3) is 5.65 Å². The van der Waals surface area contributed by atoms with Gasteiger partial charge in [-0.15, -0.1) is 0 Å². The average molecular weight is 532 g/mol. The smallest absolute Gasteiger partial charge is 0.256 e. The van der Waals surface area contributed by atoms with Crippen molar-refractivity contribution < 1.29 is 18.8 Å². The molecule has 1 atom stereocenters. The molecular weight excluding hydrogens is 497 g/mol. The molecule has 1 saturated heterocycles. The molecule has 1 amide bonds. The van der Waals surface area contributed by atoms with Gasteiger partial charge in [0, 0.05) is 42.7 Å². The Morgan fingerprint density at radius 2 is 1.73 bits per heavy atom. The van der Waals surface area contributed by atoms with Gasteiger partial charge in [0.2, 0.25) is 0 Å². The second-order valence-electron chi connectivity index (χ2n) is 8.51. The molecular formula is C27H35ClFN5O3. The molecule has 3 aromatic rings. The van der Waals surface area contributed by atoms with Crippen molar-refractivity contribution in [1.82, 2.24) is 19.5 Å². The Kier molecular flexibility index (Phi) is 11.2. The fourth-order valence-electron chi connectivity index (χ4n) is 4.49. The first-order chi connectivity index (χ1) is 18.0. The Morgan fingerprint density at radius 1 is 1.05 bits per heavy atom. The minimum Gasteiger partial charge on any atom is -0.387 e. The summed E-state index contributed by atoms with van der Waals surface area (Å²) >= 11 is 6.00. The number of hydrogen-bond acceptors (Lipinski definition) is 6. The van der Waals surface area contributed by atoms with E-state index in [0.717, 1.165) is 42.0 Å². The second-order valence-corrected chi connectivity index (χ2v) is 8.92. The Labute approximate surface area is 222 Å². The van der Waals surface area contributed by atoms with E-state index in [2.05, 4.69) is 11.4 Å². The summed E-state index contributed by atoms with van der Waals surface area (Å²) in [7, 11) is 1.67. The van der Waals surface area contributed by atoms with Crippen LogP contribution in [-0.4, -0.2) is 52.6 Å².